The average Bonchev–Trinajstić information content (AvgIpc) is 3.52. The Morgan fingerprint density at radius 3 is 2.51 bits per heavy atom. The Bertz CT molecular complexity index is 1360. The molecule has 0 saturated carbocycles. The number of allylic oxidation sites excluding steroid dienone is 3. The molecule has 4 saturated heterocycles. The predicted molar refractivity (Wildman–Crippen MR) is 154 cm³/mol. The van der Waals surface area contributed by atoms with Gasteiger partial charge in [-0.05, 0) is 61.9 Å². The van der Waals surface area contributed by atoms with E-state index in [-0.39, 0.29) is 0 Å². The summed E-state index contributed by atoms with van der Waals surface area (Å²) in [5, 5.41) is 20.8. The Labute approximate surface area is 230 Å². The van der Waals surface area contributed by atoms with Crippen LogP contribution < -0.4 is 10.2 Å². The van der Waals surface area contributed by atoms with Crippen molar-refractivity contribution in [3.8, 4) is 6.07 Å². The zero-order valence-electron chi connectivity index (χ0n) is 22.8. The fourth-order valence-corrected chi connectivity index (χ4v) is 6.48. The Kier molecular flexibility index (Phi) is 6.92. The number of piperazine rings is 1. The molecule has 2 aromatic rings. The highest BCUT2D eigenvalue weighted by atomic mass is 15.4. The number of nitrogens with one attached hydrogen (secondary N) is 2. The Balaban J connectivity index is 1.20. The second kappa shape index (κ2) is 10.7. The molecular weight excluding hydrogens is 484 g/mol. The molecule has 0 amide bonds. The number of aryl methyl sites for hydroxylation is 1. The Morgan fingerprint density at radius 1 is 1.10 bits per heavy atom. The van der Waals surface area contributed by atoms with Gasteiger partial charge in [0.25, 0.3) is 0 Å². The summed E-state index contributed by atoms with van der Waals surface area (Å²) in [7, 11) is 0. The van der Waals surface area contributed by atoms with Gasteiger partial charge in [-0.3, -0.25) is 9.88 Å². The van der Waals surface area contributed by atoms with Crippen LogP contribution in [0.2, 0.25) is 0 Å². The molecule has 7 heterocycles. The van der Waals surface area contributed by atoms with Crippen LogP contribution in [0.15, 0.2) is 65.4 Å². The van der Waals surface area contributed by atoms with Crippen molar-refractivity contribution in [2.45, 2.75) is 58.2 Å². The highest BCUT2D eigenvalue weighted by molar-refractivity contribution is 5.94. The Hall–Kier alpha value is -3.96. The molecule has 8 heteroatoms. The first-order chi connectivity index (χ1) is 19.1. The molecule has 0 aliphatic carbocycles. The minimum Gasteiger partial charge on any atom is -0.370 e. The Morgan fingerprint density at radius 2 is 1.90 bits per heavy atom. The number of anilines is 1. The van der Waals surface area contributed by atoms with E-state index >= 15 is 0 Å². The smallest absolute Gasteiger partial charge is 0.128 e. The van der Waals surface area contributed by atoms with Gasteiger partial charge in [0.05, 0.1) is 17.0 Å². The molecule has 2 unspecified atom stereocenters. The molecule has 4 fully saturated rings. The van der Waals surface area contributed by atoms with Crippen LogP contribution >= 0.6 is 0 Å². The van der Waals surface area contributed by atoms with Crippen LogP contribution in [0.25, 0.3) is 5.57 Å². The first kappa shape index (κ1) is 25.3. The number of aromatic nitrogens is 2. The lowest BCUT2D eigenvalue weighted by Gasteiger charge is -2.56. The molecule has 39 heavy (non-hydrogen) atoms. The van der Waals surface area contributed by atoms with Crippen molar-refractivity contribution in [3.05, 3.63) is 82.2 Å². The van der Waals surface area contributed by atoms with Crippen molar-refractivity contribution in [3.63, 3.8) is 0 Å². The predicted octanol–water partition coefficient (Wildman–Crippen LogP) is 4.24. The van der Waals surface area contributed by atoms with Crippen LogP contribution in [0, 0.1) is 16.7 Å². The topological polar surface area (TPSA) is 95.2 Å². The number of likely N-dealkylation sites (tertiary alicyclic amines) is 1. The molecule has 2 aromatic heterocycles. The van der Waals surface area contributed by atoms with Crippen molar-refractivity contribution < 1.29 is 0 Å². The molecule has 2 bridgehead atoms. The molecule has 2 atom stereocenters. The van der Waals surface area contributed by atoms with Gasteiger partial charge in [0.1, 0.15) is 11.9 Å². The van der Waals surface area contributed by atoms with Crippen LogP contribution in [-0.4, -0.2) is 64.2 Å². The van der Waals surface area contributed by atoms with E-state index in [9.17, 15) is 5.26 Å². The normalized spacial score (nSPS) is 24.1. The van der Waals surface area contributed by atoms with Crippen molar-refractivity contribution >= 4 is 17.6 Å². The summed E-state index contributed by atoms with van der Waals surface area (Å²) in [5.74, 6) is 0.998. The van der Waals surface area contributed by atoms with Crippen LogP contribution in [0.5, 0.6) is 0 Å². The number of hydrogen-bond donors (Lipinski definition) is 2. The van der Waals surface area contributed by atoms with E-state index < -0.39 is 0 Å². The molecular formula is C31H36N8. The summed E-state index contributed by atoms with van der Waals surface area (Å²) in [6, 6.07) is 11.9. The minimum atomic E-state index is 0.320. The number of rotatable bonds is 7. The molecule has 0 aromatic carbocycles. The third-order valence-corrected chi connectivity index (χ3v) is 8.66. The maximum Gasteiger partial charge on any atom is 0.128 e. The molecule has 8 nitrogen and oxygen atoms in total. The summed E-state index contributed by atoms with van der Waals surface area (Å²) in [5.41, 5.74) is 7.62. The summed E-state index contributed by atoms with van der Waals surface area (Å²) >= 11 is 0. The average molecular weight is 521 g/mol. The molecule has 0 radical (unpaired) electrons. The van der Waals surface area contributed by atoms with Gasteiger partial charge in [-0.2, -0.15) is 5.26 Å². The van der Waals surface area contributed by atoms with Crippen molar-refractivity contribution in [1.29, 1.82) is 10.7 Å². The number of nitrogens with zero attached hydrogens (tertiary/aromatic N) is 6. The summed E-state index contributed by atoms with van der Waals surface area (Å²) in [6.45, 7) is 9.25. The second-order valence-corrected chi connectivity index (χ2v) is 10.9. The first-order valence-electron chi connectivity index (χ1n) is 14.1. The number of piperidine rings is 1. The van der Waals surface area contributed by atoms with E-state index in [1.54, 1.807) is 0 Å². The highest BCUT2D eigenvalue weighted by Gasteiger charge is 2.44. The lowest BCUT2D eigenvalue weighted by atomic mass is 9.86. The van der Waals surface area contributed by atoms with Gasteiger partial charge < -0.3 is 20.5 Å². The van der Waals surface area contributed by atoms with Gasteiger partial charge >= 0.3 is 0 Å². The van der Waals surface area contributed by atoms with E-state index in [2.05, 4.69) is 69.2 Å². The fourth-order valence-electron chi connectivity index (χ4n) is 6.48. The maximum atomic E-state index is 9.71. The third kappa shape index (κ3) is 4.72. The van der Waals surface area contributed by atoms with Crippen LogP contribution in [0.4, 0.5) is 5.82 Å². The van der Waals surface area contributed by atoms with Gasteiger partial charge in [0.15, 0.2) is 0 Å². The molecule has 200 valence electrons. The second-order valence-electron chi connectivity index (χ2n) is 10.9. The maximum absolute atomic E-state index is 9.71. The molecule has 0 spiro atoms. The number of fused-ring (bicyclic) bond motifs is 2. The van der Waals surface area contributed by atoms with E-state index in [4.69, 9.17) is 10.4 Å². The number of pyridine rings is 2. The zero-order valence-corrected chi connectivity index (χ0v) is 22.8. The molecule has 5 aliphatic rings. The van der Waals surface area contributed by atoms with Crippen LogP contribution in [-0.2, 0) is 13.0 Å². The third-order valence-electron chi connectivity index (χ3n) is 8.66. The number of nitriles is 1. The summed E-state index contributed by atoms with van der Waals surface area (Å²) in [6.07, 6.45) is 11.7. The van der Waals surface area contributed by atoms with Gasteiger partial charge in [0.2, 0.25) is 0 Å². The SMILES string of the molecule is CCc1ccc(CN2C3CC2CN(c2ccc(C4=C(C)C(N5CCCC5)=CN/C4=C(/C#N)C=N)cn2)C3)cn1. The van der Waals surface area contributed by atoms with Gasteiger partial charge in [-0.15, -0.1) is 0 Å². The zero-order chi connectivity index (χ0) is 26.9. The standard InChI is InChI=1S/C31H36N8/c1-3-25-8-6-22(15-34-25)18-39-26-12-27(39)20-38(19-26)29-9-7-23(16-35-29)30-21(2)28(37-10-4-5-11-37)17-36-31(30)24(13-32)14-33/h6-9,13,15-17,26-27,32,36H,3-5,10-12,18-20H2,1-2H3/b31-24+,32-13?. The van der Waals surface area contributed by atoms with Crippen molar-refractivity contribution in [1.82, 2.24) is 25.1 Å². The van der Waals surface area contributed by atoms with Gasteiger partial charge in [-0.1, -0.05) is 13.0 Å². The lowest BCUT2D eigenvalue weighted by molar-refractivity contribution is -0.00876. The van der Waals surface area contributed by atoms with E-state index in [0.717, 1.165) is 79.3 Å². The van der Waals surface area contributed by atoms with E-state index in [1.807, 2.05) is 18.6 Å². The van der Waals surface area contributed by atoms with Crippen molar-refractivity contribution in [2.75, 3.05) is 31.1 Å². The molecule has 5 aliphatic heterocycles. The number of hydrogen-bond acceptors (Lipinski definition) is 8. The minimum absolute atomic E-state index is 0.320. The van der Waals surface area contributed by atoms with E-state index in [0.29, 0.717) is 23.4 Å². The van der Waals surface area contributed by atoms with Gasteiger partial charge in [0, 0.05) is 86.4 Å². The quantitative estimate of drug-likeness (QED) is 0.416. The summed E-state index contributed by atoms with van der Waals surface area (Å²) in [4.78, 5) is 16.9. The van der Waals surface area contributed by atoms with Crippen molar-refractivity contribution in [2.24, 2.45) is 0 Å². The molecule has 2 N–H and O–H groups in total. The highest BCUT2D eigenvalue weighted by Crippen LogP contribution is 2.38. The van der Waals surface area contributed by atoms with Gasteiger partial charge in [-0.25, -0.2) is 4.98 Å². The largest absolute Gasteiger partial charge is 0.370 e. The van der Waals surface area contributed by atoms with Crippen LogP contribution in [0.3, 0.4) is 0 Å². The monoisotopic (exact) mass is 520 g/mol. The number of dihydropyridines is 1. The molecule has 7 rings (SSSR count). The van der Waals surface area contributed by atoms with E-state index in [1.165, 1.54) is 24.8 Å². The fraction of sp³-hybridized carbons (Fsp3) is 0.419. The lowest BCUT2D eigenvalue weighted by Crippen LogP contribution is -2.68. The first-order valence-corrected chi connectivity index (χ1v) is 14.1. The van der Waals surface area contributed by atoms with Crippen LogP contribution in [0.1, 0.15) is 49.9 Å². The summed E-state index contributed by atoms with van der Waals surface area (Å²) < 4.78 is 0.